The third-order valence-electron chi connectivity index (χ3n) is 2.50. The Morgan fingerprint density at radius 2 is 2.33 bits per heavy atom. The number of pyridine rings is 1. The minimum Gasteiger partial charge on any atom is -0.368 e. The van der Waals surface area contributed by atoms with E-state index < -0.39 is 17.9 Å². The molecule has 94 valence electrons. The zero-order valence-electron chi connectivity index (χ0n) is 9.96. The minimum absolute atomic E-state index is 0.140. The highest BCUT2D eigenvalue weighted by atomic mass is 16.2. The Hall–Kier alpha value is -2.42. The van der Waals surface area contributed by atoms with Crippen molar-refractivity contribution in [2.75, 3.05) is 0 Å². The lowest BCUT2D eigenvalue weighted by Gasteiger charge is -2.20. The molecule has 6 nitrogen and oxygen atoms in total. The fourth-order valence-corrected chi connectivity index (χ4v) is 1.48. The first kappa shape index (κ1) is 13.6. The van der Waals surface area contributed by atoms with Crippen molar-refractivity contribution in [1.29, 1.82) is 5.26 Å². The van der Waals surface area contributed by atoms with Gasteiger partial charge in [-0.15, -0.1) is 0 Å². The molecule has 1 aromatic heterocycles. The van der Waals surface area contributed by atoms with Gasteiger partial charge >= 0.3 is 0 Å². The number of carbonyl (C=O) groups is 2. The average molecular weight is 246 g/mol. The number of aromatic nitrogens is 1. The molecular weight excluding hydrogens is 232 g/mol. The Kier molecular flexibility index (Phi) is 4.81. The van der Waals surface area contributed by atoms with Gasteiger partial charge in [-0.3, -0.25) is 14.6 Å². The van der Waals surface area contributed by atoms with Crippen LogP contribution in [0.4, 0.5) is 0 Å². The molecule has 1 heterocycles. The van der Waals surface area contributed by atoms with Crippen molar-refractivity contribution in [1.82, 2.24) is 10.3 Å². The Morgan fingerprint density at radius 3 is 2.83 bits per heavy atom. The van der Waals surface area contributed by atoms with Gasteiger partial charge in [0.05, 0.1) is 11.6 Å². The van der Waals surface area contributed by atoms with Gasteiger partial charge in [0.25, 0.3) is 5.91 Å². The highest BCUT2D eigenvalue weighted by Crippen LogP contribution is 2.08. The topological polar surface area (TPSA) is 109 Å². The van der Waals surface area contributed by atoms with Crippen molar-refractivity contribution in [2.24, 2.45) is 11.7 Å². The summed E-state index contributed by atoms with van der Waals surface area (Å²) in [6, 6.07) is 4.28. The van der Waals surface area contributed by atoms with E-state index in [4.69, 9.17) is 11.0 Å². The number of amides is 2. The fraction of sp³-hybridized carbons (Fsp3) is 0.333. The van der Waals surface area contributed by atoms with E-state index in [2.05, 4.69) is 10.3 Å². The normalized spacial score (nSPS) is 13.1. The number of primary amides is 1. The summed E-state index contributed by atoms with van der Waals surface area (Å²) in [5, 5.41) is 11.1. The summed E-state index contributed by atoms with van der Waals surface area (Å²) in [7, 11) is 0. The van der Waals surface area contributed by atoms with Crippen LogP contribution in [0.2, 0.25) is 0 Å². The first-order valence-electron chi connectivity index (χ1n) is 5.43. The third-order valence-corrected chi connectivity index (χ3v) is 2.50. The molecule has 2 atom stereocenters. The van der Waals surface area contributed by atoms with Gasteiger partial charge in [0.1, 0.15) is 6.04 Å². The first-order chi connectivity index (χ1) is 8.56. The van der Waals surface area contributed by atoms with Crippen LogP contribution in [0.3, 0.4) is 0 Å². The number of nitrogens with one attached hydrogen (secondary N) is 1. The summed E-state index contributed by atoms with van der Waals surface area (Å²) < 4.78 is 0. The van der Waals surface area contributed by atoms with E-state index >= 15 is 0 Å². The van der Waals surface area contributed by atoms with E-state index in [0.717, 1.165) is 0 Å². The van der Waals surface area contributed by atoms with E-state index in [1.165, 1.54) is 6.20 Å². The second-order valence-corrected chi connectivity index (χ2v) is 3.93. The van der Waals surface area contributed by atoms with E-state index in [9.17, 15) is 9.59 Å². The number of carbonyl (C=O) groups excluding carboxylic acids is 2. The van der Waals surface area contributed by atoms with Gasteiger partial charge in [-0.2, -0.15) is 5.26 Å². The molecule has 0 spiro atoms. The monoisotopic (exact) mass is 246 g/mol. The van der Waals surface area contributed by atoms with Crippen molar-refractivity contribution in [3.8, 4) is 6.07 Å². The van der Waals surface area contributed by atoms with Crippen LogP contribution in [0.25, 0.3) is 0 Å². The molecule has 0 aliphatic carbocycles. The van der Waals surface area contributed by atoms with Crippen LogP contribution < -0.4 is 11.1 Å². The lowest BCUT2D eigenvalue weighted by Crippen LogP contribution is -2.48. The molecular formula is C12H14N4O2. The first-order valence-corrected chi connectivity index (χ1v) is 5.43. The third kappa shape index (κ3) is 3.56. The average Bonchev–Trinajstić information content (AvgIpc) is 2.36. The summed E-state index contributed by atoms with van der Waals surface area (Å²) in [4.78, 5) is 26.9. The van der Waals surface area contributed by atoms with Gasteiger partial charge < -0.3 is 11.1 Å². The van der Waals surface area contributed by atoms with Crippen molar-refractivity contribution in [3.05, 3.63) is 30.1 Å². The van der Waals surface area contributed by atoms with Gasteiger partial charge in [-0.25, -0.2) is 0 Å². The highest BCUT2D eigenvalue weighted by molar-refractivity contribution is 5.97. The summed E-state index contributed by atoms with van der Waals surface area (Å²) in [5.41, 5.74) is 5.56. The molecule has 0 aliphatic heterocycles. The predicted molar refractivity (Wildman–Crippen MR) is 64.1 cm³/mol. The standard InChI is InChI=1S/C12H14N4O2/c1-8(4-5-13)10(11(14)17)16-12(18)9-3-2-6-15-7-9/h2-3,6-8,10H,4H2,1H3,(H2,14,17)(H,16,18)/t8-,10+/m1/s1. The Bertz CT molecular complexity index is 467. The number of nitrogens with zero attached hydrogens (tertiary/aromatic N) is 2. The molecule has 6 heteroatoms. The molecule has 0 saturated carbocycles. The molecule has 1 rings (SSSR count). The minimum atomic E-state index is -0.864. The SMILES string of the molecule is C[C@H](CC#N)[C@H](NC(=O)c1cccnc1)C(N)=O. The molecule has 0 radical (unpaired) electrons. The summed E-state index contributed by atoms with van der Waals surface area (Å²) in [5.74, 6) is -1.43. The van der Waals surface area contributed by atoms with Crippen LogP contribution in [-0.2, 0) is 4.79 Å². The maximum atomic E-state index is 11.8. The second kappa shape index (κ2) is 6.35. The van der Waals surface area contributed by atoms with E-state index in [0.29, 0.717) is 5.56 Å². The van der Waals surface area contributed by atoms with Crippen molar-refractivity contribution >= 4 is 11.8 Å². The largest absolute Gasteiger partial charge is 0.368 e. The summed E-state index contributed by atoms with van der Waals surface area (Å²) >= 11 is 0. The summed E-state index contributed by atoms with van der Waals surface area (Å²) in [6.07, 6.45) is 3.07. The quantitative estimate of drug-likeness (QED) is 0.774. The number of hydrogen-bond donors (Lipinski definition) is 2. The number of hydrogen-bond acceptors (Lipinski definition) is 4. The van der Waals surface area contributed by atoms with Crippen LogP contribution in [0.5, 0.6) is 0 Å². The molecule has 0 aliphatic rings. The zero-order valence-corrected chi connectivity index (χ0v) is 9.96. The van der Waals surface area contributed by atoms with Crippen LogP contribution in [0.15, 0.2) is 24.5 Å². The van der Waals surface area contributed by atoms with Crippen LogP contribution in [0, 0.1) is 17.2 Å². The van der Waals surface area contributed by atoms with E-state index in [1.54, 1.807) is 25.3 Å². The fourth-order valence-electron chi connectivity index (χ4n) is 1.48. The number of nitriles is 1. The van der Waals surface area contributed by atoms with Crippen molar-refractivity contribution < 1.29 is 9.59 Å². The molecule has 3 N–H and O–H groups in total. The predicted octanol–water partition coefficient (Wildman–Crippen LogP) is 0.215. The zero-order chi connectivity index (χ0) is 13.5. The second-order valence-electron chi connectivity index (χ2n) is 3.93. The molecule has 0 saturated heterocycles. The highest BCUT2D eigenvalue weighted by Gasteiger charge is 2.25. The van der Waals surface area contributed by atoms with Gasteiger partial charge in [-0.05, 0) is 18.1 Å². The molecule has 0 bridgehead atoms. The molecule has 2 amide bonds. The Labute approximate surface area is 105 Å². The van der Waals surface area contributed by atoms with Gasteiger partial charge in [-0.1, -0.05) is 6.92 Å². The van der Waals surface area contributed by atoms with E-state index in [-0.39, 0.29) is 12.3 Å². The van der Waals surface area contributed by atoms with Gasteiger partial charge in [0, 0.05) is 18.8 Å². The Morgan fingerprint density at radius 1 is 1.61 bits per heavy atom. The smallest absolute Gasteiger partial charge is 0.253 e. The van der Waals surface area contributed by atoms with E-state index in [1.807, 2.05) is 6.07 Å². The number of nitrogens with two attached hydrogens (primary N) is 1. The van der Waals surface area contributed by atoms with Crippen LogP contribution in [-0.4, -0.2) is 22.8 Å². The summed E-state index contributed by atoms with van der Waals surface area (Å²) in [6.45, 7) is 1.68. The lowest BCUT2D eigenvalue weighted by molar-refractivity contribution is -0.120. The lowest BCUT2D eigenvalue weighted by atomic mass is 9.98. The molecule has 0 unspecified atom stereocenters. The van der Waals surface area contributed by atoms with Crippen molar-refractivity contribution in [3.63, 3.8) is 0 Å². The van der Waals surface area contributed by atoms with Gasteiger partial charge in [0.2, 0.25) is 5.91 Å². The molecule has 1 aromatic rings. The van der Waals surface area contributed by atoms with Crippen LogP contribution in [0.1, 0.15) is 23.7 Å². The molecule has 0 aromatic carbocycles. The van der Waals surface area contributed by atoms with Crippen molar-refractivity contribution in [2.45, 2.75) is 19.4 Å². The number of rotatable bonds is 5. The van der Waals surface area contributed by atoms with Crippen LogP contribution >= 0.6 is 0 Å². The maximum Gasteiger partial charge on any atom is 0.253 e. The Balaban J connectivity index is 2.77. The van der Waals surface area contributed by atoms with Gasteiger partial charge in [0.15, 0.2) is 0 Å². The molecule has 18 heavy (non-hydrogen) atoms. The maximum absolute atomic E-state index is 11.8. The molecule has 0 fully saturated rings.